The summed E-state index contributed by atoms with van der Waals surface area (Å²) in [6.07, 6.45) is 0. The first-order valence-corrected chi connectivity index (χ1v) is 6.17. The van der Waals surface area contributed by atoms with Crippen molar-refractivity contribution in [3.63, 3.8) is 0 Å². The quantitative estimate of drug-likeness (QED) is 0.778. The van der Waals surface area contributed by atoms with E-state index in [1.807, 2.05) is 0 Å². The van der Waals surface area contributed by atoms with Crippen LogP contribution in [0.15, 0.2) is 18.2 Å². The average molecular weight is 218 g/mol. The first-order chi connectivity index (χ1) is 7.59. The van der Waals surface area contributed by atoms with Crippen LogP contribution in [0.2, 0.25) is 0 Å². The fourth-order valence-corrected chi connectivity index (χ4v) is 2.46. The highest BCUT2D eigenvalue weighted by molar-refractivity contribution is 5.74. The first kappa shape index (κ1) is 11.3. The average Bonchev–Trinajstić information content (AvgIpc) is 2.38. The number of fused-ring (bicyclic) bond motifs is 1. The van der Waals surface area contributed by atoms with Crippen molar-refractivity contribution in [2.45, 2.75) is 26.7 Å². The van der Waals surface area contributed by atoms with Gasteiger partial charge < -0.3 is 10.2 Å². The van der Waals surface area contributed by atoms with E-state index in [1.165, 1.54) is 16.9 Å². The van der Waals surface area contributed by atoms with Gasteiger partial charge in [0.1, 0.15) is 0 Å². The summed E-state index contributed by atoms with van der Waals surface area (Å²) in [6, 6.07) is 6.62. The lowest BCUT2D eigenvalue weighted by atomic mass is 10.00. The van der Waals surface area contributed by atoms with Crippen molar-refractivity contribution < 1.29 is 0 Å². The molecule has 1 atom stereocenters. The molecule has 88 valence electrons. The molecule has 0 amide bonds. The predicted molar refractivity (Wildman–Crippen MR) is 71.5 cm³/mol. The fourth-order valence-electron chi connectivity index (χ4n) is 2.46. The molecule has 1 N–H and O–H groups in total. The van der Waals surface area contributed by atoms with Crippen molar-refractivity contribution in [3.8, 4) is 0 Å². The normalized spacial score (nSPS) is 20.3. The van der Waals surface area contributed by atoms with Crippen LogP contribution in [0.25, 0.3) is 0 Å². The van der Waals surface area contributed by atoms with Gasteiger partial charge in [0.25, 0.3) is 0 Å². The Hall–Kier alpha value is -1.18. The minimum atomic E-state index is 0.573. The van der Waals surface area contributed by atoms with Crippen LogP contribution in [-0.2, 0) is 0 Å². The molecule has 1 aliphatic heterocycles. The maximum atomic E-state index is 3.61. The molecular weight excluding hydrogens is 196 g/mol. The van der Waals surface area contributed by atoms with Gasteiger partial charge in [0.2, 0.25) is 0 Å². The van der Waals surface area contributed by atoms with Crippen LogP contribution in [0.5, 0.6) is 0 Å². The number of hydrogen-bond acceptors (Lipinski definition) is 2. The second kappa shape index (κ2) is 4.36. The van der Waals surface area contributed by atoms with Gasteiger partial charge in [-0.2, -0.15) is 0 Å². The molecule has 0 radical (unpaired) electrons. The summed E-state index contributed by atoms with van der Waals surface area (Å²) in [4.78, 5) is 2.37. The zero-order chi connectivity index (χ0) is 11.7. The highest BCUT2D eigenvalue weighted by Gasteiger charge is 2.19. The molecule has 0 bridgehead atoms. The topological polar surface area (TPSA) is 15.3 Å². The molecule has 1 heterocycles. The smallest absolute Gasteiger partial charge is 0.0613 e. The summed E-state index contributed by atoms with van der Waals surface area (Å²) in [6.45, 7) is 9.00. The van der Waals surface area contributed by atoms with Gasteiger partial charge in [0.15, 0.2) is 0 Å². The van der Waals surface area contributed by atoms with Gasteiger partial charge in [0, 0.05) is 20.1 Å². The molecule has 2 heteroatoms. The summed E-state index contributed by atoms with van der Waals surface area (Å²) >= 11 is 0. The Labute approximate surface area is 98.7 Å². The molecule has 1 aromatic carbocycles. The molecule has 1 aliphatic rings. The number of hydrogen-bond donors (Lipinski definition) is 1. The molecule has 0 saturated carbocycles. The lowest BCUT2D eigenvalue weighted by Crippen LogP contribution is -2.23. The summed E-state index contributed by atoms with van der Waals surface area (Å²) in [7, 11) is 2.19. The highest BCUT2D eigenvalue weighted by atomic mass is 15.1. The van der Waals surface area contributed by atoms with Crippen molar-refractivity contribution in [1.29, 1.82) is 0 Å². The first-order valence-electron chi connectivity index (χ1n) is 6.17. The molecule has 0 saturated heterocycles. The van der Waals surface area contributed by atoms with Crippen molar-refractivity contribution in [2.75, 3.05) is 30.4 Å². The third-order valence-corrected chi connectivity index (χ3v) is 3.32. The summed E-state index contributed by atoms with van der Waals surface area (Å²) in [5, 5.41) is 3.61. The molecule has 16 heavy (non-hydrogen) atoms. The van der Waals surface area contributed by atoms with E-state index < -0.39 is 0 Å². The van der Waals surface area contributed by atoms with Crippen LogP contribution in [0.1, 0.15) is 32.3 Å². The van der Waals surface area contributed by atoms with Crippen molar-refractivity contribution in [2.24, 2.45) is 5.92 Å². The van der Waals surface area contributed by atoms with Crippen LogP contribution in [0, 0.1) is 5.92 Å². The monoisotopic (exact) mass is 218 g/mol. The van der Waals surface area contributed by atoms with Gasteiger partial charge in [-0.05, 0) is 23.5 Å². The van der Waals surface area contributed by atoms with Gasteiger partial charge in [-0.25, -0.2) is 0 Å². The second-order valence-electron chi connectivity index (χ2n) is 5.26. The van der Waals surface area contributed by atoms with Crippen LogP contribution < -0.4 is 10.2 Å². The predicted octanol–water partition coefficient (Wildman–Crippen LogP) is 3.31. The van der Waals surface area contributed by atoms with E-state index in [0.29, 0.717) is 11.8 Å². The van der Waals surface area contributed by atoms with E-state index in [0.717, 1.165) is 13.1 Å². The van der Waals surface area contributed by atoms with E-state index in [2.05, 4.69) is 56.2 Å². The molecule has 0 aliphatic carbocycles. The van der Waals surface area contributed by atoms with Gasteiger partial charge in [0.05, 0.1) is 11.4 Å². The van der Waals surface area contributed by atoms with E-state index in [9.17, 15) is 0 Å². The van der Waals surface area contributed by atoms with Crippen molar-refractivity contribution in [1.82, 2.24) is 0 Å². The lowest BCUT2D eigenvalue weighted by molar-refractivity contribution is 0.617. The van der Waals surface area contributed by atoms with Gasteiger partial charge in [-0.3, -0.25) is 0 Å². The lowest BCUT2D eigenvalue weighted by Gasteiger charge is -2.22. The van der Waals surface area contributed by atoms with Gasteiger partial charge >= 0.3 is 0 Å². The number of nitrogens with zero attached hydrogens (tertiary/aromatic N) is 1. The Morgan fingerprint density at radius 1 is 1.38 bits per heavy atom. The number of para-hydroxylation sites is 1. The molecule has 0 fully saturated rings. The molecule has 1 aromatic rings. The Kier molecular flexibility index (Phi) is 3.08. The summed E-state index contributed by atoms with van der Waals surface area (Å²) in [5.41, 5.74) is 4.11. The second-order valence-corrected chi connectivity index (χ2v) is 5.26. The van der Waals surface area contributed by atoms with E-state index in [4.69, 9.17) is 0 Å². The Morgan fingerprint density at radius 2 is 2.12 bits per heavy atom. The summed E-state index contributed by atoms with van der Waals surface area (Å²) in [5.74, 6) is 1.27. The molecule has 0 aromatic heterocycles. The largest absolute Gasteiger partial charge is 0.383 e. The van der Waals surface area contributed by atoms with E-state index in [-0.39, 0.29) is 0 Å². The molecule has 1 unspecified atom stereocenters. The maximum absolute atomic E-state index is 3.61. The fraction of sp³-hybridized carbons (Fsp3) is 0.571. The Balaban J connectivity index is 2.46. The Bertz CT molecular complexity index is 371. The Morgan fingerprint density at radius 3 is 2.81 bits per heavy atom. The SMILES string of the molecule is CC1CNc2c(C(C)C)cccc2N(C)C1. The van der Waals surface area contributed by atoms with E-state index >= 15 is 0 Å². The van der Waals surface area contributed by atoms with Crippen LogP contribution in [0.3, 0.4) is 0 Å². The minimum Gasteiger partial charge on any atom is -0.383 e. The zero-order valence-corrected chi connectivity index (χ0v) is 10.7. The standard InChI is InChI=1S/C14H22N2/c1-10(2)12-6-5-7-13-14(12)15-8-11(3)9-16(13)4/h5-7,10-11,15H,8-9H2,1-4H3. The molecule has 0 spiro atoms. The number of nitrogens with one attached hydrogen (secondary N) is 1. The van der Waals surface area contributed by atoms with Gasteiger partial charge in [-0.1, -0.05) is 32.9 Å². The molecular formula is C14H22N2. The van der Waals surface area contributed by atoms with Crippen molar-refractivity contribution >= 4 is 11.4 Å². The molecule has 2 rings (SSSR count). The summed E-state index contributed by atoms with van der Waals surface area (Å²) < 4.78 is 0. The third kappa shape index (κ3) is 2.01. The minimum absolute atomic E-state index is 0.573. The van der Waals surface area contributed by atoms with Crippen molar-refractivity contribution in [3.05, 3.63) is 23.8 Å². The maximum Gasteiger partial charge on any atom is 0.0613 e. The highest BCUT2D eigenvalue weighted by Crippen LogP contribution is 2.35. The third-order valence-electron chi connectivity index (χ3n) is 3.32. The number of rotatable bonds is 1. The zero-order valence-electron chi connectivity index (χ0n) is 10.7. The van der Waals surface area contributed by atoms with Crippen LogP contribution in [-0.4, -0.2) is 20.1 Å². The van der Waals surface area contributed by atoms with Crippen LogP contribution in [0.4, 0.5) is 11.4 Å². The molecule has 2 nitrogen and oxygen atoms in total. The van der Waals surface area contributed by atoms with E-state index in [1.54, 1.807) is 0 Å². The van der Waals surface area contributed by atoms with Crippen LogP contribution >= 0.6 is 0 Å². The number of benzene rings is 1. The number of anilines is 2. The van der Waals surface area contributed by atoms with Gasteiger partial charge in [-0.15, -0.1) is 0 Å².